The number of carbonyl (C=O) groups is 1. The van der Waals surface area contributed by atoms with Gasteiger partial charge in [0.05, 0.1) is 5.25 Å². The molecule has 0 saturated heterocycles. The van der Waals surface area contributed by atoms with Crippen molar-refractivity contribution in [3.63, 3.8) is 0 Å². The number of halogens is 4. The summed E-state index contributed by atoms with van der Waals surface area (Å²) >= 11 is 0.819. The molecule has 0 aliphatic carbocycles. The molecule has 2 nitrogen and oxygen atoms in total. The second-order valence-electron chi connectivity index (χ2n) is 4.42. The number of hydrogen-bond donors (Lipinski definition) is 1. The fraction of sp³-hybridized carbons (Fsp3) is 0.133. The van der Waals surface area contributed by atoms with Crippen molar-refractivity contribution >= 4 is 23.4 Å². The van der Waals surface area contributed by atoms with E-state index >= 15 is 0 Å². The van der Waals surface area contributed by atoms with E-state index in [2.05, 4.69) is 5.32 Å². The Hall–Kier alpha value is -2.02. The zero-order valence-electron chi connectivity index (χ0n) is 11.4. The lowest BCUT2D eigenvalue weighted by Gasteiger charge is -2.13. The second-order valence-corrected chi connectivity index (χ2v) is 5.80. The van der Waals surface area contributed by atoms with Gasteiger partial charge >= 0.3 is 0 Å². The highest BCUT2D eigenvalue weighted by molar-refractivity contribution is 8.00. The highest BCUT2D eigenvalue weighted by atomic mass is 32.2. The van der Waals surface area contributed by atoms with E-state index in [4.69, 9.17) is 0 Å². The van der Waals surface area contributed by atoms with Crippen LogP contribution in [0.5, 0.6) is 0 Å². The predicted molar refractivity (Wildman–Crippen MR) is 76.7 cm³/mol. The van der Waals surface area contributed by atoms with Crippen LogP contribution in [0.15, 0.2) is 41.3 Å². The van der Waals surface area contributed by atoms with E-state index in [0.29, 0.717) is 6.07 Å². The van der Waals surface area contributed by atoms with Gasteiger partial charge in [0.2, 0.25) is 5.91 Å². The van der Waals surface area contributed by atoms with E-state index in [1.165, 1.54) is 19.1 Å². The topological polar surface area (TPSA) is 29.1 Å². The number of benzene rings is 2. The highest BCUT2D eigenvalue weighted by Crippen LogP contribution is 2.28. The van der Waals surface area contributed by atoms with Crippen LogP contribution in [-0.2, 0) is 4.79 Å². The first kappa shape index (κ1) is 16.4. The van der Waals surface area contributed by atoms with Gasteiger partial charge in [-0.05, 0) is 31.2 Å². The van der Waals surface area contributed by atoms with Gasteiger partial charge in [0, 0.05) is 11.0 Å². The average molecular weight is 329 g/mol. The lowest BCUT2D eigenvalue weighted by molar-refractivity contribution is -0.115. The largest absolute Gasteiger partial charge is 0.320 e. The molecular formula is C15H11F4NOS. The Morgan fingerprint density at radius 1 is 1.05 bits per heavy atom. The summed E-state index contributed by atoms with van der Waals surface area (Å²) in [5, 5.41) is 1.29. The quantitative estimate of drug-likeness (QED) is 0.667. The molecular weight excluding hydrogens is 318 g/mol. The first-order chi connectivity index (χ1) is 10.4. The molecule has 1 N–H and O–H groups in total. The van der Waals surface area contributed by atoms with Crippen molar-refractivity contribution in [3.05, 3.63) is 59.7 Å². The minimum absolute atomic E-state index is 0.0676. The van der Waals surface area contributed by atoms with Crippen molar-refractivity contribution in [3.8, 4) is 0 Å². The molecule has 1 amide bonds. The second kappa shape index (κ2) is 6.83. The Morgan fingerprint density at radius 3 is 2.27 bits per heavy atom. The Balaban J connectivity index is 2.09. The molecule has 0 aromatic heterocycles. The highest BCUT2D eigenvalue weighted by Gasteiger charge is 2.19. The van der Waals surface area contributed by atoms with Crippen LogP contribution in [0.25, 0.3) is 0 Å². The number of carbonyl (C=O) groups excluding carboxylic acids is 1. The van der Waals surface area contributed by atoms with Gasteiger partial charge in [-0.2, -0.15) is 0 Å². The molecule has 2 aromatic carbocycles. The van der Waals surface area contributed by atoms with Crippen LogP contribution >= 0.6 is 11.8 Å². The number of nitrogens with one attached hydrogen (secondary N) is 1. The van der Waals surface area contributed by atoms with Crippen molar-refractivity contribution < 1.29 is 22.4 Å². The molecule has 0 aliphatic heterocycles. The molecule has 0 heterocycles. The van der Waals surface area contributed by atoms with Gasteiger partial charge in [-0.3, -0.25) is 4.79 Å². The molecule has 116 valence electrons. The van der Waals surface area contributed by atoms with E-state index in [-0.39, 0.29) is 4.90 Å². The molecule has 22 heavy (non-hydrogen) atoms. The van der Waals surface area contributed by atoms with Gasteiger partial charge in [-0.25, -0.2) is 17.6 Å². The Morgan fingerprint density at radius 2 is 1.68 bits per heavy atom. The standard InChI is InChI=1S/C15H11F4NOS/c1-8(22-13-6-5-9(16)7-12(13)19)15(21)20-14-10(17)3-2-4-11(14)18/h2-8H,1H3,(H,20,21)/t8-/m0/s1. The summed E-state index contributed by atoms with van der Waals surface area (Å²) in [5.74, 6) is -4.04. The molecule has 2 aromatic rings. The summed E-state index contributed by atoms with van der Waals surface area (Å²) in [7, 11) is 0. The fourth-order valence-corrected chi connectivity index (χ4v) is 2.52. The number of thioether (sulfide) groups is 1. The van der Waals surface area contributed by atoms with Crippen molar-refractivity contribution in [1.82, 2.24) is 0 Å². The normalized spacial score (nSPS) is 12.0. The molecule has 1 atom stereocenters. The molecule has 7 heteroatoms. The molecule has 0 saturated carbocycles. The Bertz CT molecular complexity index is 688. The van der Waals surface area contributed by atoms with Gasteiger partial charge in [0.15, 0.2) is 0 Å². The van der Waals surface area contributed by atoms with Crippen LogP contribution in [0.4, 0.5) is 23.2 Å². The van der Waals surface area contributed by atoms with E-state index in [9.17, 15) is 22.4 Å². The smallest absolute Gasteiger partial charge is 0.237 e. The maximum absolute atomic E-state index is 13.5. The average Bonchev–Trinajstić information content (AvgIpc) is 2.45. The lowest BCUT2D eigenvalue weighted by atomic mass is 10.3. The van der Waals surface area contributed by atoms with E-state index in [1.54, 1.807) is 0 Å². The number of rotatable bonds is 4. The molecule has 0 radical (unpaired) electrons. The fourth-order valence-electron chi connectivity index (χ4n) is 1.66. The van der Waals surface area contributed by atoms with Crippen LogP contribution < -0.4 is 5.32 Å². The molecule has 2 rings (SSSR count). The van der Waals surface area contributed by atoms with Gasteiger partial charge in [-0.15, -0.1) is 11.8 Å². The summed E-state index contributed by atoms with van der Waals surface area (Å²) in [6.45, 7) is 1.45. The summed E-state index contributed by atoms with van der Waals surface area (Å²) in [4.78, 5) is 12.0. The Labute approximate surface area is 128 Å². The molecule has 0 bridgehead atoms. The minimum Gasteiger partial charge on any atom is -0.320 e. The lowest BCUT2D eigenvalue weighted by Crippen LogP contribution is -2.23. The van der Waals surface area contributed by atoms with E-state index in [0.717, 1.165) is 30.0 Å². The van der Waals surface area contributed by atoms with Gasteiger partial charge < -0.3 is 5.32 Å². The van der Waals surface area contributed by atoms with Gasteiger partial charge in [0.25, 0.3) is 0 Å². The van der Waals surface area contributed by atoms with Crippen LogP contribution in [0.3, 0.4) is 0 Å². The third-order valence-corrected chi connectivity index (χ3v) is 3.93. The summed E-state index contributed by atoms with van der Waals surface area (Å²) < 4.78 is 53.2. The van der Waals surface area contributed by atoms with Crippen molar-refractivity contribution in [1.29, 1.82) is 0 Å². The van der Waals surface area contributed by atoms with Crippen molar-refractivity contribution in [2.45, 2.75) is 17.1 Å². The maximum atomic E-state index is 13.5. The van der Waals surface area contributed by atoms with Crippen LogP contribution in [0, 0.1) is 23.3 Å². The van der Waals surface area contributed by atoms with Crippen molar-refractivity contribution in [2.75, 3.05) is 5.32 Å². The first-order valence-corrected chi connectivity index (χ1v) is 7.13. The number of hydrogen-bond acceptors (Lipinski definition) is 2. The molecule has 0 unspecified atom stereocenters. The SMILES string of the molecule is C[C@H](Sc1ccc(F)cc1F)C(=O)Nc1c(F)cccc1F. The van der Waals surface area contributed by atoms with Crippen LogP contribution in [-0.4, -0.2) is 11.2 Å². The summed E-state index contributed by atoms with van der Waals surface area (Å²) in [6, 6.07) is 6.15. The zero-order chi connectivity index (χ0) is 16.3. The van der Waals surface area contributed by atoms with Gasteiger partial charge in [0.1, 0.15) is 29.0 Å². The van der Waals surface area contributed by atoms with E-state index < -0.39 is 40.1 Å². The summed E-state index contributed by atoms with van der Waals surface area (Å²) in [6.07, 6.45) is 0. The third kappa shape index (κ3) is 3.79. The number of amides is 1. The first-order valence-electron chi connectivity index (χ1n) is 6.25. The van der Waals surface area contributed by atoms with Crippen LogP contribution in [0.1, 0.15) is 6.92 Å². The minimum atomic E-state index is -0.904. The number of anilines is 1. The molecule has 0 spiro atoms. The van der Waals surface area contributed by atoms with Crippen LogP contribution in [0.2, 0.25) is 0 Å². The van der Waals surface area contributed by atoms with E-state index in [1.807, 2.05) is 0 Å². The number of para-hydroxylation sites is 1. The zero-order valence-corrected chi connectivity index (χ0v) is 12.2. The Kier molecular flexibility index (Phi) is 5.07. The monoisotopic (exact) mass is 329 g/mol. The maximum Gasteiger partial charge on any atom is 0.237 e. The third-order valence-electron chi connectivity index (χ3n) is 2.78. The molecule has 0 aliphatic rings. The van der Waals surface area contributed by atoms with Gasteiger partial charge in [-0.1, -0.05) is 6.07 Å². The predicted octanol–water partition coefficient (Wildman–Crippen LogP) is 4.36. The summed E-state index contributed by atoms with van der Waals surface area (Å²) in [5.41, 5.74) is -0.556. The van der Waals surface area contributed by atoms with Crippen molar-refractivity contribution in [2.24, 2.45) is 0 Å². The molecule has 0 fully saturated rings.